The second kappa shape index (κ2) is 13.0. The highest BCUT2D eigenvalue weighted by Crippen LogP contribution is 2.37. The lowest BCUT2D eigenvalue weighted by Crippen LogP contribution is -2.44. The molecule has 0 amide bonds. The molecule has 0 aliphatic rings. The van der Waals surface area contributed by atoms with E-state index >= 15 is 0 Å². The number of esters is 1. The zero-order valence-electron chi connectivity index (χ0n) is 22.3. The number of hydrogen-bond donors (Lipinski definition) is 0. The van der Waals surface area contributed by atoms with Gasteiger partial charge in [0.15, 0.2) is 0 Å². The summed E-state index contributed by atoms with van der Waals surface area (Å²) in [6, 6.07) is 0. The molecule has 202 valence electrons. The van der Waals surface area contributed by atoms with Gasteiger partial charge in [-0.15, -0.1) is 0 Å². The van der Waals surface area contributed by atoms with Crippen molar-refractivity contribution in [1.82, 2.24) is 0 Å². The molecule has 0 fully saturated rings. The Kier molecular flexibility index (Phi) is 12.4. The van der Waals surface area contributed by atoms with Gasteiger partial charge >= 0.3 is 18.3 Å². The third-order valence-electron chi connectivity index (χ3n) is 6.10. The lowest BCUT2D eigenvalue weighted by Gasteiger charge is -2.40. The summed E-state index contributed by atoms with van der Waals surface area (Å²) in [4.78, 5) is 23.6. The van der Waals surface area contributed by atoms with Crippen molar-refractivity contribution >= 4 is 12.1 Å². The van der Waals surface area contributed by atoms with Gasteiger partial charge in [-0.05, 0) is 61.3 Å². The van der Waals surface area contributed by atoms with Crippen LogP contribution in [0.4, 0.5) is 18.0 Å². The maximum Gasteiger partial charge on any atom is 0.509 e. The molecule has 0 aromatic heterocycles. The van der Waals surface area contributed by atoms with Gasteiger partial charge in [-0.1, -0.05) is 20.8 Å². The minimum Gasteiger partial charge on any atom is -0.453 e. The highest BCUT2D eigenvalue weighted by Gasteiger charge is 2.45. The number of hydrogen-bond acceptors (Lipinski definition) is 7. The normalized spacial score (nSPS) is 16.5. The molecule has 0 bridgehead atoms. The summed E-state index contributed by atoms with van der Waals surface area (Å²) in [5.41, 5.74) is -2.55. The van der Waals surface area contributed by atoms with Crippen LogP contribution in [-0.4, -0.2) is 61.0 Å². The second-order valence-electron chi connectivity index (χ2n) is 10.4. The zero-order valence-corrected chi connectivity index (χ0v) is 22.3. The Morgan fingerprint density at radius 2 is 1.41 bits per heavy atom. The van der Waals surface area contributed by atoms with Crippen LogP contribution < -0.4 is 0 Å². The smallest absolute Gasteiger partial charge is 0.453 e. The Morgan fingerprint density at radius 1 is 0.853 bits per heavy atom. The number of rotatable bonds is 14. The third-order valence-corrected chi connectivity index (χ3v) is 6.10. The molecule has 0 aromatic carbocycles. The average molecular weight is 501 g/mol. The standard InChI is InChI=1S/C24H43F3O7/c1-11-23(10,33-19(28)24(25,26)27)14-17(4)31-15-18(5)32-20(29)34-22(8,9)21(6,7)12-13-30-16(2)3/h16-18H,11-15H2,1-10H3. The summed E-state index contributed by atoms with van der Waals surface area (Å²) in [5.74, 6) is -2.23. The van der Waals surface area contributed by atoms with Crippen LogP contribution in [0.3, 0.4) is 0 Å². The van der Waals surface area contributed by atoms with Crippen LogP contribution in [0, 0.1) is 5.41 Å². The Morgan fingerprint density at radius 3 is 1.88 bits per heavy atom. The summed E-state index contributed by atoms with van der Waals surface area (Å²) < 4.78 is 64.4. The van der Waals surface area contributed by atoms with Crippen LogP contribution in [-0.2, 0) is 28.5 Å². The van der Waals surface area contributed by atoms with Gasteiger partial charge in [0.05, 0.1) is 18.8 Å². The zero-order chi connectivity index (χ0) is 27.0. The molecule has 0 N–H and O–H groups in total. The molecule has 7 nitrogen and oxygen atoms in total. The lowest BCUT2D eigenvalue weighted by molar-refractivity contribution is -0.215. The Bertz CT molecular complexity index is 647. The number of halogens is 3. The summed E-state index contributed by atoms with van der Waals surface area (Å²) in [6.45, 7) is 18.3. The molecular weight excluding hydrogens is 457 g/mol. The van der Waals surface area contributed by atoms with Crippen molar-refractivity contribution in [3.05, 3.63) is 0 Å². The first-order valence-electron chi connectivity index (χ1n) is 11.7. The van der Waals surface area contributed by atoms with Gasteiger partial charge in [-0.25, -0.2) is 9.59 Å². The molecule has 0 saturated heterocycles. The fourth-order valence-corrected chi connectivity index (χ4v) is 2.93. The van der Waals surface area contributed by atoms with Crippen molar-refractivity contribution in [2.24, 2.45) is 5.41 Å². The van der Waals surface area contributed by atoms with Crippen molar-refractivity contribution in [3.8, 4) is 0 Å². The van der Waals surface area contributed by atoms with Crippen molar-refractivity contribution in [2.75, 3.05) is 13.2 Å². The van der Waals surface area contributed by atoms with E-state index in [0.29, 0.717) is 13.0 Å². The number of carbonyl (C=O) groups excluding carboxylic acids is 2. The molecule has 10 heteroatoms. The first kappa shape index (κ1) is 32.5. The van der Waals surface area contributed by atoms with E-state index in [-0.39, 0.29) is 31.0 Å². The molecule has 0 aromatic rings. The van der Waals surface area contributed by atoms with Crippen LogP contribution in [0.1, 0.15) is 88.5 Å². The molecule has 0 aliphatic carbocycles. The van der Waals surface area contributed by atoms with Crippen molar-refractivity contribution in [3.63, 3.8) is 0 Å². The third kappa shape index (κ3) is 11.7. The van der Waals surface area contributed by atoms with Crippen molar-refractivity contribution < 1.29 is 46.4 Å². The van der Waals surface area contributed by atoms with Crippen LogP contribution in [0.5, 0.6) is 0 Å². The van der Waals surface area contributed by atoms with Crippen molar-refractivity contribution in [2.45, 2.75) is 124 Å². The van der Waals surface area contributed by atoms with E-state index in [1.807, 2.05) is 27.7 Å². The fourth-order valence-electron chi connectivity index (χ4n) is 2.93. The Labute approximate surface area is 202 Å². The molecular formula is C24H43F3O7. The van der Waals surface area contributed by atoms with Gasteiger partial charge in [0, 0.05) is 18.4 Å². The van der Waals surface area contributed by atoms with Gasteiger partial charge in [0.2, 0.25) is 0 Å². The largest absolute Gasteiger partial charge is 0.509 e. The molecule has 3 atom stereocenters. The lowest BCUT2D eigenvalue weighted by atomic mass is 9.75. The van der Waals surface area contributed by atoms with Crippen molar-refractivity contribution in [1.29, 1.82) is 0 Å². The SMILES string of the molecule is CCC(C)(CC(C)OCC(C)OC(=O)OC(C)(C)C(C)(C)CCOC(C)C)OC(=O)C(F)(F)F. The fraction of sp³-hybridized carbons (Fsp3) is 0.917. The van der Waals surface area contributed by atoms with Gasteiger partial charge in [-0.2, -0.15) is 13.2 Å². The topological polar surface area (TPSA) is 80.3 Å². The van der Waals surface area contributed by atoms with Gasteiger partial charge in [0.25, 0.3) is 0 Å². The van der Waals surface area contributed by atoms with E-state index in [1.54, 1.807) is 34.6 Å². The van der Waals surface area contributed by atoms with E-state index in [9.17, 15) is 22.8 Å². The number of ether oxygens (including phenoxy) is 5. The highest BCUT2D eigenvalue weighted by molar-refractivity contribution is 5.76. The maximum atomic E-state index is 12.5. The summed E-state index contributed by atoms with van der Waals surface area (Å²) in [6.07, 6.45) is -6.11. The van der Waals surface area contributed by atoms with Crippen LogP contribution >= 0.6 is 0 Å². The molecule has 3 unspecified atom stereocenters. The number of carbonyl (C=O) groups is 2. The first-order chi connectivity index (χ1) is 15.2. The minimum absolute atomic E-state index is 0.00463. The van der Waals surface area contributed by atoms with E-state index in [1.165, 1.54) is 6.92 Å². The maximum absolute atomic E-state index is 12.5. The predicted molar refractivity (Wildman–Crippen MR) is 121 cm³/mol. The quantitative estimate of drug-likeness (QED) is 0.262. The van der Waals surface area contributed by atoms with E-state index in [2.05, 4.69) is 4.74 Å². The van der Waals surface area contributed by atoms with E-state index < -0.39 is 41.7 Å². The summed E-state index contributed by atoms with van der Waals surface area (Å²) in [7, 11) is 0. The summed E-state index contributed by atoms with van der Waals surface area (Å²) >= 11 is 0. The molecule has 0 saturated carbocycles. The average Bonchev–Trinajstić information content (AvgIpc) is 2.64. The molecule has 0 aliphatic heterocycles. The number of alkyl halides is 3. The molecule has 0 radical (unpaired) electrons. The Balaban J connectivity index is 4.69. The van der Waals surface area contributed by atoms with Gasteiger partial charge in [-0.3, -0.25) is 0 Å². The second-order valence-corrected chi connectivity index (χ2v) is 10.4. The molecule has 0 heterocycles. The van der Waals surface area contributed by atoms with Crippen LogP contribution in [0.25, 0.3) is 0 Å². The van der Waals surface area contributed by atoms with Gasteiger partial charge in [0.1, 0.15) is 17.3 Å². The highest BCUT2D eigenvalue weighted by atomic mass is 19.4. The summed E-state index contributed by atoms with van der Waals surface area (Å²) in [5, 5.41) is 0. The van der Waals surface area contributed by atoms with Crippen LogP contribution in [0.15, 0.2) is 0 Å². The van der Waals surface area contributed by atoms with Gasteiger partial charge < -0.3 is 23.7 Å². The first-order valence-corrected chi connectivity index (χ1v) is 11.7. The molecule has 0 rings (SSSR count). The predicted octanol–water partition coefficient (Wildman–Crippen LogP) is 6.22. The van der Waals surface area contributed by atoms with E-state index in [0.717, 1.165) is 0 Å². The molecule has 34 heavy (non-hydrogen) atoms. The molecule has 0 spiro atoms. The van der Waals surface area contributed by atoms with E-state index in [4.69, 9.17) is 18.9 Å². The minimum atomic E-state index is -5.06. The monoisotopic (exact) mass is 500 g/mol. The Hall–Kier alpha value is -1.55. The van der Waals surface area contributed by atoms with Crippen LogP contribution in [0.2, 0.25) is 0 Å².